The number of nitrogens with zero attached hydrogens (tertiary/aromatic N) is 5. The van der Waals surface area contributed by atoms with Gasteiger partial charge in [0.25, 0.3) is 0 Å². The van der Waals surface area contributed by atoms with E-state index in [9.17, 15) is 9.50 Å². The number of rotatable bonds is 5. The number of aromatic nitrogens is 4. The van der Waals surface area contributed by atoms with Crippen LogP contribution >= 0.6 is 11.8 Å². The molecular formula is C17H19FN6OS. The standard InChI is InChI=1S/C17H19FN6OS/c18-12-1-3-13(4-2-12)26-7-11-5-23(6-14(11)25)10-24-9-22-15-16(19)20-8-21-17(15)24/h1-4,8-9,11,14,25H,5-7,10H2,(H2,19,20,21)/t11-,14+/m1/s1. The van der Waals surface area contributed by atoms with Crippen molar-refractivity contribution in [3.8, 4) is 0 Å². The fraction of sp³-hybridized carbons (Fsp3) is 0.353. The minimum Gasteiger partial charge on any atom is -0.391 e. The van der Waals surface area contributed by atoms with Crippen LogP contribution < -0.4 is 5.73 Å². The lowest BCUT2D eigenvalue weighted by Gasteiger charge is -2.16. The monoisotopic (exact) mass is 374 g/mol. The second-order valence-electron chi connectivity index (χ2n) is 6.42. The molecule has 7 nitrogen and oxygen atoms in total. The van der Waals surface area contributed by atoms with Crippen molar-refractivity contribution >= 4 is 28.7 Å². The van der Waals surface area contributed by atoms with Gasteiger partial charge in [0.2, 0.25) is 0 Å². The van der Waals surface area contributed by atoms with Gasteiger partial charge in [0.15, 0.2) is 11.5 Å². The van der Waals surface area contributed by atoms with Gasteiger partial charge in [0.05, 0.1) is 19.1 Å². The summed E-state index contributed by atoms with van der Waals surface area (Å²) in [6.45, 7) is 1.95. The molecule has 0 aliphatic carbocycles. The normalized spacial score (nSPS) is 20.8. The molecule has 9 heteroatoms. The Balaban J connectivity index is 1.38. The van der Waals surface area contributed by atoms with Gasteiger partial charge < -0.3 is 15.4 Å². The van der Waals surface area contributed by atoms with Crippen LogP contribution in [0.25, 0.3) is 11.2 Å². The minimum atomic E-state index is -0.391. The summed E-state index contributed by atoms with van der Waals surface area (Å²) >= 11 is 1.64. The molecule has 1 aliphatic heterocycles. The number of hydrogen-bond donors (Lipinski definition) is 2. The topological polar surface area (TPSA) is 93.1 Å². The third-order valence-corrected chi connectivity index (χ3v) is 5.74. The van der Waals surface area contributed by atoms with Crippen LogP contribution in [0.3, 0.4) is 0 Å². The molecule has 1 fully saturated rings. The maximum absolute atomic E-state index is 13.0. The van der Waals surface area contributed by atoms with Gasteiger partial charge in [0, 0.05) is 29.7 Å². The highest BCUT2D eigenvalue weighted by Crippen LogP contribution is 2.27. The van der Waals surface area contributed by atoms with Crippen molar-refractivity contribution in [1.82, 2.24) is 24.4 Å². The van der Waals surface area contributed by atoms with E-state index in [1.54, 1.807) is 30.2 Å². The average molecular weight is 374 g/mol. The third kappa shape index (κ3) is 3.50. The minimum absolute atomic E-state index is 0.152. The summed E-state index contributed by atoms with van der Waals surface area (Å²) in [5.41, 5.74) is 7.10. The van der Waals surface area contributed by atoms with Crippen molar-refractivity contribution in [3.63, 3.8) is 0 Å². The van der Waals surface area contributed by atoms with E-state index in [1.807, 2.05) is 4.57 Å². The Kier molecular flexibility index (Phi) is 4.75. The number of likely N-dealkylation sites (tertiary alicyclic amines) is 1. The van der Waals surface area contributed by atoms with E-state index in [0.29, 0.717) is 30.2 Å². The molecule has 0 unspecified atom stereocenters. The number of β-amino-alcohol motifs (C(OH)–C–C–N with tert-alkyl or cyclic N) is 1. The van der Waals surface area contributed by atoms with Gasteiger partial charge in [-0.05, 0) is 24.3 Å². The molecule has 3 aromatic rings. The van der Waals surface area contributed by atoms with Crippen molar-refractivity contribution < 1.29 is 9.50 Å². The molecule has 3 heterocycles. The SMILES string of the molecule is Nc1ncnc2c1ncn2CN1C[C@H](CSc2ccc(F)cc2)[C@@H](O)C1. The molecule has 136 valence electrons. The molecule has 0 radical (unpaired) electrons. The number of imidazole rings is 1. The quantitative estimate of drug-likeness (QED) is 0.655. The van der Waals surface area contributed by atoms with Crippen molar-refractivity contribution in [3.05, 3.63) is 42.7 Å². The first-order valence-electron chi connectivity index (χ1n) is 8.30. The molecule has 2 atom stereocenters. The summed E-state index contributed by atoms with van der Waals surface area (Å²) in [6, 6.07) is 6.44. The molecule has 2 aromatic heterocycles. The fourth-order valence-corrected chi connectivity index (χ4v) is 4.24. The molecule has 0 saturated carbocycles. The second kappa shape index (κ2) is 7.18. The number of nitrogens with two attached hydrogens (primary N) is 1. The van der Waals surface area contributed by atoms with Gasteiger partial charge in [0.1, 0.15) is 17.7 Å². The van der Waals surface area contributed by atoms with E-state index in [0.717, 1.165) is 17.2 Å². The van der Waals surface area contributed by atoms with Crippen LogP contribution in [0.2, 0.25) is 0 Å². The lowest BCUT2D eigenvalue weighted by Crippen LogP contribution is -2.24. The Morgan fingerprint density at radius 2 is 2.00 bits per heavy atom. The van der Waals surface area contributed by atoms with Gasteiger partial charge in [-0.25, -0.2) is 19.3 Å². The highest BCUT2D eigenvalue weighted by Gasteiger charge is 2.31. The number of fused-ring (bicyclic) bond motifs is 1. The summed E-state index contributed by atoms with van der Waals surface area (Å²) in [5.74, 6) is 1.06. The van der Waals surface area contributed by atoms with Crippen molar-refractivity contribution in [2.75, 3.05) is 24.6 Å². The van der Waals surface area contributed by atoms with Gasteiger partial charge in [-0.1, -0.05) is 0 Å². The third-order valence-electron chi connectivity index (χ3n) is 4.54. The fourth-order valence-electron chi connectivity index (χ4n) is 3.17. The molecule has 1 aromatic carbocycles. The van der Waals surface area contributed by atoms with E-state index in [4.69, 9.17) is 5.73 Å². The Morgan fingerprint density at radius 3 is 2.81 bits per heavy atom. The second-order valence-corrected chi connectivity index (χ2v) is 7.51. The first kappa shape index (κ1) is 17.2. The molecule has 0 spiro atoms. The highest BCUT2D eigenvalue weighted by molar-refractivity contribution is 7.99. The number of halogens is 1. The molecular weight excluding hydrogens is 355 g/mol. The predicted molar refractivity (Wildman–Crippen MR) is 97.9 cm³/mol. The van der Waals surface area contributed by atoms with Crippen LogP contribution in [0.5, 0.6) is 0 Å². The van der Waals surface area contributed by atoms with Crippen LogP contribution in [0.15, 0.2) is 41.8 Å². The lowest BCUT2D eigenvalue weighted by molar-refractivity contribution is 0.145. The molecule has 0 bridgehead atoms. The number of nitrogen functional groups attached to an aromatic ring is 1. The largest absolute Gasteiger partial charge is 0.391 e. The van der Waals surface area contributed by atoms with Crippen LogP contribution in [0.1, 0.15) is 0 Å². The van der Waals surface area contributed by atoms with Crippen LogP contribution in [0, 0.1) is 11.7 Å². The molecule has 3 N–H and O–H groups in total. The Bertz CT molecular complexity index is 902. The van der Waals surface area contributed by atoms with E-state index in [2.05, 4.69) is 19.9 Å². The zero-order chi connectivity index (χ0) is 18.1. The van der Waals surface area contributed by atoms with Crippen molar-refractivity contribution in [2.24, 2.45) is 5.92 Å². The van der Waals surface area contributed by atoms with Gasteiger partial charge in [-0.3, -0.25) is 4.90 Å². The van der Waals surface area contributed by atoms with Gasteiger partial charge >= 0.3 is 0 Å². The zero-order valence-corrected chi connectivity index (χ0v) is 14.8. The number of benzene rings is 1. The number of aliphatic hydroxyl groups is 1. The van der Waals surface area contributed by atoms with Crippen LogP contribution in [-0.4, -0.2) is 54.5 Å². The Morgan fingerprint density at radius 1 is 1.19 bits per heavy atom. The van der Waals surface area contributed by atoms with Crippen molar-refractivity contribution in [2.45, 2.75) is 17.7 Å². The Hall–Kier alpha value is -2.23. The number of aliphatic hydroxyl groups excluding tert-OH is 1. The van der Waals surface area contributed by atoms with Crippen molar-refractivity contribution in [1.29, 1.82) is 0 Å². The maximum Gasteiger partial charge on any atom is 0.166 e. The first-order valence-corrected chi connectivity index (χ1v) is 9.29. The zero-order valence-electron chi connectivity index (χ0n) is 14.0. The summed E-state index contributed by atoms with van der Waals surface area (Å²) in [7, 11) is 0. The van der Waals surface area contributed by atoms with Crippen LogP contribution in [0.4, 0.5) is 10.2 Å². The number of hydrogen-bond acceptors (Lipinski definition) is 7. The van der Waals surface area contributed by atoms with E-state index in [-0.39, 0.29) is 11.7 Å². The average Bonchev–Trinajstić information content (AvgIpc) is 3.19. The summed E-state index contributed by atoms with van der Waals surface area (Å²) in [5, 5.41) is 10.4. The number of thioether (sulfide) groups is 1. The van der Waals surface area contributed by atoms with E-state index >= 15 is 0 Å². The molecule has 26 heavy (non-hydrogen) atoms. The summed E-state index contributed by atoms with van der Waals surface area (Å²) < 4.78 is 14.9. The van der Waals surface area contributed by atoms with Gasteiger partial charge in [-0.15, -0.1) is 11.8 Å². The number of anilines is 1. The first-order chi connectivity index (χ1) is 12.6. The Labute approximate surface area is 154 Å². The smallest absolute Gasteiger partial charge is 0.166 e. The molecule has 4 rings (SSSR count). The van der Waals surface area contributed by atoms with Gasteiger partial charge in [-0.2, -0.15) is 0 Å². The summed E-state index contributed by atoms with van der Waals surface area (Å²) in [6.07, 6.45) is 2.73. The van der Waals surface area contributed by atoms with E-state index < -0.39 is 6.10 Å². The molecule has 1 saturated heterocycles. The lowest BCUT2D eigenvalue weighted by atomic mass is 10.1. The highest BCUT2D eigenvalue weighted by atomic mass is 32.2. The molecule has 0 amide bonds. The molecule has 1 aliphatic rings. The van der Waals surface area contributed by atoms with E-state index in [1.165, 1.54) is 18.5 Å². The maximum atomic E-state index is 13.0. The van der Waals surface area contributed by atoms with Crippen LogP contribution in [-0.2, 0) is 6.67 Å². The summed E-state index contributed by atoms with van der Waals surface area (Å²) in [4.78, 5) is 15.6. The predicted octanol–water partition coefficient (Wildman–Crippen LogP) is 1.59.